The van der Waals surface area contributed by atoms with Crippen LogP contribution in [0.15, 0.2) is 77.7 Å². The van der Waals surface area contributed by atoms with Crippen molar-refractivity contribution < 1.29 is 22.7 Å². The normalized spacial score (nSPS) is 14.1. The highest BCUT2D eigenvalue weighted by atomic mass is 32.2. The summed E-state index contributed by atoms with van der Waals surface area (Å²) in [5, 5.41) is 2.78. The Morgan fingerprint density at radius 2 is 1.73 bits per heavy atom. The molecule has 0 aromatic heterocycles. The minimum atomic E-state index is -3.62. The van der Waals surface area contributed by atoms with Gasteiger partial charge in [-0.1, -0.05) is 36.4 Å². The Bertz CT molecular complexity index is 1220. The number of carbonyl (C=O) groups is 1. The summed E-state index contributed by atoms with van der Waals surface area (Å²) in [4.78, 5) is 13.1. The van der Waals surface area contributed by atoms with Crippen LogP contribution in [0.5, 0.6) is 11.5 Å². The lowest BCUT2D eigenvalue weighted by Crippen LogP contribution is -2.28. The Morgan fingerprint density at radius 3 is 2.45 bits per heavy atom. The molecule has 8 heteroatoms. The first kappa shape index (κ1) is 22.8. The SMILES string of the molecule is COc1ccc(S(=O)(=O)N2CCCC2)cc1NC(=O)c1cccc(OCc2ccccc2)c1. The molecule has 0 atom stereocenters. The number of ether oxygens (including phenoxy) is 2. The summed E-state index contributed by atoms with van der Waals surface area (Å²) in [6.07, 6.45) is 1.70. The molecule has 0 aliphatic carbocycles. The molecule has 1 aliphatic rings. The van der Waals surface area contributed by atoms with E-state index in [0.29, 0.717) is 42.4 Å². The van der Waals surface area contributed by atoms with E-state index in [1.807, 2.05) is 30.3 Å². The zero-order valence-electron chi connectivity index (χ0n) is 18.4. The van der Waals surface area contributed by atoms with Gasteiger partial charge in [-0.25, -0.2) is 8.42 Å². The van der Waals surface area contributed by atoms with Gasteiger partial charge in [0.05, 0.1) is 17.7 Å². The van der Waals surface area contributed by atoms with Crippen LogP contribution in [0.2, 0.25) is 0 Å². The molecular weight excluding hydrogens is 440 g/mol. The zero-order chi connectivity index (χ0) is 23.3. The third-order valence-electron chi connectivity index (χ3n) is 5.47. The Kier molecular flexibility index (Phi) is 6.96. The molecule has 1 N–H and O–H groups in total. The maximum Gasteiger partial charge on any atom is 0.255 e. The van der Waals surface area contributed by atoms with E-state index < -0.39 is 15.9 Å². The molecule has 1 amide bonds. The number of hydrogen-bond donors (Lipinski definition) is 1. The van der Waals surface area contributed by atoms with Gasteiger partial charge < -0.3 is 14.8 Å². The van der Waals surface area contributed by atoms with Gasteiger partial charge in [0.15, 0.2) is 0 Å². The molecule has 3 aromatic carbocycles. The number of anilines is 1. The van der Waals surface area contributed by atoms with Crippen LogP contribution in [-0.2, 0) is 16.6 Å². The smallest absolute Gasteiger partial charge is 0.255 e. The first-order valence-electron chi connectivity index (χ1n) is 10.7. The van der Waals surface area contributed by atoms with Crippen LogP contribution in [-0.4, -0.2) is 38.8 Å². The second-order valence-electron chi connectivity index (χ2n) is 7.73. The third kappa shape index (κ3) is 5.35. The molecule has 0 unspecified atom stereocenters. The monoisotopic (exact) mass is 466 g/mol. The van der Waals surface area contributed by atoms with E-state index in [9.17, 15) is 13.2 Å². The number of carbonyl (C=O) groups excluding carboxylic acids is 1. The van der Waals surface area contributed by atoms with Gasteiger partial charge >= 0.3 is 0 Å². The van der Waals surface area contributed by atoms with Crippen LogP contribution in [0, 0.1) is 0 Å². The Morgan fingerprint density at radius 1 is 0.970 bits per heavy atom. The summed E-state index contributed by atoms with van der Waals surface area (Å²) in [7, 11) is -2.15. The van der Waals surface area contributed by atoms with E-state index in [0.717, 1.165) is 18.4 Å². The zero-order valence-corrected chi connectivity index (χ0v) is 19.2. The van der Waals surface area contributed by atoms with Gasteiger partial charge in [-0.3, -0.25) is 4.79 Å². The maximum absolute atomic E-state index is 12.9. The quantitative estimate of drug-likeness (QED) is 0.535. The molecule has 0 saturated carbocycles. The number of sulfonamides is 1. The number of benzene rings is 3. The Hall–Kier alpha value is -3.36. The van der Waals surface area contributed by atoms with Crippen molar-refractivity contribution in [3.63, 3.8) is 0 Å². The Labute approximate surface area is 194 Å². The molecule has 1 saturated heterocycles. The van der Waals surface area contributed by atoms with Crippen molar-refractivity contribution in [1.29, 1.82) is 0 Å². The highest BCUT2D eigenvalue weighted by Gasteiger charge is 2.28. The van der Waals surface area contributed by atoms with E-state index in [4.69, 9.17) is 9.47 Å². The van der Waals surface area contributed by atoms with E-state index in [2.05, 4.69) is 5.32 Å². The first-order chi connectivity index (χ1) is 16.0. The average Bonchev–Trinajstić information content (AvgIpc) is 3.40. The van der Waals surface area contributed by atoms with Gasteiger partial charge in [-0.2, -0.15) is 4.31 Å². The van der Waals surface area contributed by atoms with Crippen molar-refractivity contribution in [3.05, 3.63) is 83.9 Å². The number of rotatable bonds is 8. The van der Waals surface area contributed by atoms with E-state index in [1.54, 1.807) is 30.3 Å². The van der Waals surface area contributed by atoms with Crippen molar-refractivity contribution in [3.8, 4) is 11.5 Å². The van der Waals surface area contributed by atoms with Crippen LogP contribution in [0.25, 0.3) is 0 Å². The molecule has 0 radical (unpaired) electrons. The van der Waals surface area contributed by atoms with Crippen molar-refractivity contribution >= 4 is 21.6 Å². The summed E-state index contributed by atoms with van der Waals surface area (Å²) >= 11 is 0. The van der Waals surface area contributed by atoms with Gasteiger partial charge in [-0.15, -0.1) is 0 Å². The highest BCUT2D eigenvalue weighted by Crippen LogP contribution is 2.30. The third-order valence-corrected chi connectivity index (χ3v) is 7.36. The highest BCUT2D eigenvalue weighted by molar-refractivity contribution is 7.89. The number of nitrogens with zero attached hydrogens (tertiary/aromatic N) is 1. The van der Waals surface area contributed by atoms with Gasteiger partial charge in [0.1, 0.15) is 18.1 Å². The number of methoxy groups -OCH3 is 1. The minimum absolute atomic E-state index is 0.125. The van der Waals surface area contributed by atoms with Crippen molar-refractivity contribution in [1.82, 2.24) is 4.31 Å². The van der Waals surface area contributed by atoms with Gasteiger partial charge in [0.2, 0.25) is 10.0 Å². The topological polar surface area (TPSA) is 84.9 Å². The summed E-state index contributed by atoms with van der Waals surface area (Å²) < 4.78 is 38.5. The fourth-order valence-corrected chi connectivity index (χ4v) is 5.23. The summed E-state index contributed by atoms with van der Waals surface area (Å²) in [6, 6.07) is 21.1. The van der Waals surface area contributed by atoms with Gasteiger partial charge in [0, 0.05) is 18.7 Å². The largest absolute Gasteiger partial charge is 0.495 e. The van der Waals surface area contributed by atoms with Crippen LogP contribution in [0.3, 0.4) is 0 Å². The number of nitrogens with one attached hydrogen (secondary N) is 1. The number of hydrogen-bond acceptors (Lipinski definition) is 5. The maximum atomic E-state index is 12.9. The van der Waals surface area contributed by atoms with Crippen LogP contribution >= 0.6 is 0 Å². The minimum Gasteiger partial charge on any atom is -0.495 e. The van der Waals surface area contributed by atoms with E-state index in [-0.39, 0.29) is 4.90 Å². The van der Waals surface area contributed by atoms with Crippen LogP contribution < -0.4 is 14.8 Å². The van der Waals surface area contributed by atoms with Crippen LogP contribution in [0.1, 0.15) is 28.8 Å². The molecule has 4 rings (SSSR count). The lowest BCUT2D eigenvalue weighted by molar-refractivity contribution is 0.102. The summed E-state index contributed by atoms with van der Waals surface area (Å²) in [5.41, 5.74) is 1.70. The van der Waals surface area contributed by atoms with E-state index in [1.165, 1.54) is 23.5 Å². The van der Waals surface area contributed by atoms with Gasteiger partial charge in [0.25, 0.3) is 5.91 Å². The summed E-state index contributed by atoms with van der Waals surface area (Å²) in [6.45, 7) is 1.40. The molecule has 7 nitrogen and oxygen atoms in total. The molecule has 1 fully saturated rings. The Balaban J connectivity index is 1.52. The lowest BCUT2D eigenvalue weighted by atomic mass is 10.2. The molecule has 1 heterocycles. The van der Waals surface area contributed by atoms with Crippen LogP contribution in [0.4, 0.5) is 5.69 Å². The summed E-state index contributed by atoms with van der Waals surface area (Å²) in [5.74, 6) is 0.540. The predicted molar refractivity (Wildman–Crippen MR) is 126 cm³/mol. The predicted octanol–water partition coefficient (Wildman–Crippen LogP) is 4.31. The van der Waals surface area contributed by atoms with Crippen molar-refractivity contribution in [2.75, 3.05) is 25.5 Å². The van der Waals surface area contributed by atoms with Gasteiger partial charge in [-0.05, 0) is 54.8 Å². The molecular formula is C25H26N2O5S. The van der Waals surface area contributed by atoms with Crippen molar-refractivity contribution in [2.45, 2.75) is 24.3 Å². The average molecular weight is 467 g/mol. The lowest BCUT2D eigenvalue weighted by Gasteiger charge is -2.17. The molecule has 3 aromatic rings. The first-order valence-corrected chi connectivity index (χ1v) is 12.2. The molecule has 1 aliphatic heterocycles. The second-order valence-corrected chi connectivity index (χ2v) is 9.67. The molecule has 33 heavy (non-hydrogen) atoms. The fraction of sp³-hybridized carbons (Fsp3) is 0.240. The molecule has 0 bridgehead atoms. The second kappa shape index (κ2) is 10.1. The fourth-order valence-electron chi connectivity index (χ4n) is 3.69. The molecule has 0 spiro atoms. The standard InChI is InChI=1S/C25H26N2O5S/c1-31-24-13-12-22(33(29,30)27-14-5-6-15-27)17-23(24)26-25(28)20-10-7-11-21(16-20)32-18-19-8-3-2-4-9-19/h2-4,7-13,16-17H,5-6,14-15,18H2,1H3,(H,26,28). The number of amides is 1. The molecule has 172 valence electrons. The van der Waals surface area contributed by atoms with Crippen molar-refractivity contribution in [2.24, 2.45) is 0 Å². The van der Waals surface area contributed by atoms with E-state index >= 15 is 0 Å².